The third kappa shape index (κ3) is 5.70. The molecule has 1 amide bonds. The second-order valence-corrected chi connectivity index (χ2v) is 5.38. The van der Waals surface area contributed by atoms with Crippen LogP contribution in [0.4, 0.5) is 13.2 Å². The van der Waals surface area contributed by atoms with Gasteiger partial charge in [-0.25, -0.2) is 0 Å². The molecule has 0 aliphatic carbocycles. The molecule has 22 heavy (non-hydrogen) atoms. The lowest BCUT2D eigenvalue weighted by atomic mass is 10.1. The normalized spacial score (nSPS) is 11.5. The van der Waals surface area contributed by atoms with Gasteiger partial charge in [0.1, 0.15) is 0 Å². The van der Waals surface area contributed by atoms with Gasteiger partial charge in [-0.1, -0.05) is 38.7 Å². The number of benzene rings is 1. The van der Waals surface area contributed by atoms with Gasteiger partial charge >= 0.3 is 6.18 Å². The van der Waals surface area contributed by atoms with Crippen LogP contribution >= 0.6 is 0 Å². The van der Waals surface area contributed by atoms with E-state index in [9.17, 15) is 18.0 Å². The number of halogens is 3. The minimum absolute atomic E-state index is 0.102. The van der Waals surface area contributed by atoms with Gasteiger partial charge in [0.05, 0.1) is 5.56 Å². The highest BCUT2D eigenvalue weighted by Gasteiger charge is 2.31. The summed E-state index contributed by atoms with van der Waals surface area (Å²) in [7, 11) is 0. The molecule has 0 saturated heterocycles. The Bertz CT molecular complexity index is 471. The van der Waals surface area contributed by atoms with Gasteiger partial charge in [-0.2, -0.15) is 13.2 Å². The molecule has 0 atom stereocenters. The molecule has 0 fully saturated rings. The molecule has 124 valence electrons. The summed E-state index contributed by atoms with van der Waals surface area (Å²) in [6, 6.07) is 4.64. The molecule has 0 saturated carbocycles. The third-order valence-corrected chi connectivity index (χ3v) is 3.64. The molecule has 0 aromatic heterocycles. The molecule has 0 bridgehead atoms. The molecule has 0 aliphatic heterocycles. The Morgan fingerprint density at radius 3 is 2.36 bits per heavy atom. The summed E-state index contributed by atoms with van der Waals surface area (Å²) in [6.07, 6.45) is 0.965. The number of amides is 1. The first-order valence-corrected chi connectivity index (χ1v) is 7.86. The van der Waals surface area contributed by atoms with Crippen molar-refractivity contribution in [1.82, 2.24) is 4.90 Å². The highest BCUT2D eigenvalue weighted by molar-refractivity contribution is 5.94. The zero-order valence-corrected chi connectivity index (χ0v) is 13.2. The molecule has 0 radical (unpaired) electrons. The summed E-state index contributed by atoms with van der Waals surface area (Å²) in [6.45, 7) is 5.07. The van der Waals surface area contributed by atoms with E-state index in [1.165, 1.54) is 18.6 Å². The van der Waals surface area contributed by atoms with E-state index in [0.717, 1.165) is 37.8 Å². The lowest BCUT2D eigenvalue weighted by Gasteiger charge is -2.21. The van der Waals surface area contributed by atoms with Gasteiger partial charge in [0.25, 0.3) is 5.91 Å². The molecule has 0 spiro atoms. The van der Waals surface area contributed by atoms with Crippen molar-refractivity contribution in [3.05, 3.63) is 35.4 Å². The Balaban J connectivity index is 2.67. The predicted octanol–water partition coefficient (Wildman–Crippen LogP) is 5.14. The molecule has 0 heterocycles. The van der Waals surface area contributed by atoms with Crippen LogP contribution in [0, 0.1) is 0 Å². The molecule has 0 N–H and O–H groups in total. The number of carbonyl (C=O) groups excluding carboxylic acids is 1. The Morgan fingerprint density at radius 1 is 1.09 bits per heavy atom. The Kier molecular flexibility index (Phi) is 7.42. The van der Waals surface area contributed by atoms with Crippen molar-refractivity contribution in [3.8, 4) is 0 Å². The maximum Gasteiger partial charge on any atom is 0.416 e. The van der Waals surface area contributed by atoms with E-state index in [0.29, 0.717) is 13.1 Å². The van der Waals surface area contributed by atoms with Crippen molar-refractivity contribution in [2.75, 3.05) is 13.1 Å². The Labute approximate surface area is 130 Å². The number of nitrogens with zero attached hydrogens (tertiary/aromatic N) is 1. The van der Waals surface area contributed by atoms with Crippen LogP contribution in [-0.2, 0) is 6.18 Å². The topological polar surface area (TPSA) is 20.3 Å². The maximum atomic E-state index is 12.7. The molecule has 0 aliphatic rings. The van der Waals surface area contributed by atoms with E-state index >= 15 is 0 Å². The van der Waals surface area contributed by atoms with Crippen molar-refractivity contribution >= 4 is 5.91 Å². The van der Waals surface area contributed by atoms with E-state index < -0.39 is 11.7 Å². The number of hydrogen-bond acceptors (Lipinski definition) is 1. The van der Waals surface area contributed by atoms with Gasteiger partial charge < -0.3 is 4.90 Å². The van der Waals surface area contributed by atoms with Gasteiger partial charge in [0.15, 0.2) is 0 Å². The summed E-state index contributed by atoms with van der Waals surface area (Å²) in [5.41, 5.74) is -0.678. The molecular weight excluding hydrogens is 291 g/mol. The Hall–Kier alpha value is -1.52. The van der Waals surface area contributed by atoms with E-state index in [4.69, 9.17) is 0 Å². The standard InChI is InChI=1S/C17H24F3NO/c1-3-5-6-7-8-12-21(4-2)16(22)14-10-9-11-15(13-14)17(18,19)20/h9-11,13H,3-8,12H2,1-2H3. The molecule has 0 unspecified atom stereocenters. The highest BCUT2D eigenvalue weighted by Crippen LogP contribution is 2.29. The summed E-state index contributed by atoms with van der Waals surface area (Å²) in [4.78, 5) is 13.9. The van der Waals surface area contributed by atoms with Crippen LogP contribution in [0.15, 0.2) is 24.3 Å². The number of carbonyl (C=O) groups is 1. The fraction of sp³-hybridized carbons (Fsp3) is 0.588. The van der Waals surface area contributed by atoms with Crippen molar-refractivity contribution in [1.29, 1.82) is 0 Å². The summed E-state index contributed by atoms with van der Waals surface area (Å²) in [5.74, 6) is -0.330. The van der Waals surface area contributed by atoms with Crippen molar-refractivity contribution in [2.24, 2.45) is 0 Å². The Morgan fingerprint density at radius 2 is 1.77 bits per heavy atom. The van der Waals surface area contributed by atoms with Gasteiger partial charge in [0, 0.05) is 18.7 Å². The predicted molar refractivity (Wildman–Crippen MR) is 81.8 cm³/mol. The molecule has 1 rings (SSSR count). The van der Waals surface area contributed by atoms with Gasteiger partial charge in [-0.05, 0) is 31.5 Å². The van der Waals surface area contributed by atoms with Crippen LogP contribution < -0.4 is 0 Å². The van der Waals surface area contributed by atoms with Gasteiger partial charge in [0.2, 0.25) is 0 Å². The number of hydrogen-bond donors (Lipinski definition) is 0. The average Bonchev–Trinajstić information content (AvgIpc) is 2.49. The lowest BCUT2D eigenvalue weighted by molar-refractivity contribution is -0.137. The first-order valence-electron chi connectivity index (χ1n) is 7.86. The number of rotatable bonds is 8. The number of alkyl halides is 3. The van der Waals surface area contributed by atoms with E-state index in [2.05, 4.69) is 6.92 Å². The van der Waals surface area contributed by atoms with E-state index in [1.807, 2.05) is 6.92 Å². The molecule has 5 heteroatoms. The first kappa shape index (κ1) is 18.5. The second kappa shape index (κ2) is 8.81. The van der Waals surface area contributed by atoms with E-state index in [1.54, 1.807) is 4.90 Å². The third-order valence-electron chi connectivity index (χ3n) is 3.64. The first-order chi connectivity index (χ1) is 10.4. The summed E-state index contributed by atoms with van der Waals surface area (Å²) >= 11 is 0. The fourth-order valence-electron chi connectivity index (χ4n) is 2.32. The lowest BCUT2D eigenvalue weighted by Crippen LogP contribution is -2.32. The van der Waals surface area contributed by atoms with Crippen LogP contribution in [-0.4, -0.2) is 23.9 Å². The molecule has 1 aromatic carbocycles. The summed E-state index contributed by atoms with van der Waals surface area (Å²) in [5, 5.41) is 0. The second-order valence-electron chi connectivity index (χ2n) is 5.38. The zero-order chi connectivity index (χ0) is 16.6. The molecule has 2 nitrogen and oxygen atoms in total. The maximum absolute atomic E-state index is 12.7. The fourth-order valence-corrected chi connectivity index (χ4v) is 2.32. The average molecular weight is 315 g/mol. The highest BCUT2D eigenvalue weighted by atomic mass is 19.4. The minimum atomic E-state index is -4.42. The van der Waals surface area contributed by atoms with Crippen LogP contribution in [0.1, 0.15) is 61.9 Å². The van der Waals surface area contributed by atoms with Crippen molar-refractivity contribution in [2.45, 2.75) is 52.1 Å². The van der Waals surface area contributed by atoms with Gasteiger partial charge in [-0.3, -0.25) is 4.79 Å². The quantitative estimate of drug-likeness (QED) is 0.608. The zero-order valence-electron chi connectivity index (χ0n) is 13.2. The molecular formula is C17H24F3NO. The van der Waals surface area contributed by atoms with Crippen molar-refractivity contribution < 1.29 is 18.0 Å². The summed E-state index contributed by atoms with van der Waals surface area (Å²) < 4.78 is 38.1. The van der Waals surface area contributed by atoms with Crippen LogP contribution in [0.5, 0.6) is 0 Å². The monoisotopic (exact) mass is 315 g/mol. The van der Waals surface area contributed by atoms with Gasteiger partial charge in [-0.15, -0.1) is 0 Å². The van der Waals surface area contributed by atoms with E-state index in [-0.39, 0.29) is 11.5 Å². The molecule has 1 aromatic rings. The van der Waals surface area contributed by atoms with Crippen LogP contribution in [0.2, 0.25) is 0 Å². The van der Waals surface area contributed by atoms with Crippen LogP contribution in [0.3, 0.4) is 0 Å². The largest absolute Gasteiger partial charge is 0.416 e. The van der Waals surface area contributed by atoms with Crippen molar-refractivity contribution in [3.63, 3.8) is 0 Å². The minimum Gasteiger partial charge on any atom is -0.339 e. The number of unbranched alkanes of at least 4 members (excludes halogenated alkanes) is 4. The smallest absolute Gasteiger partial charge is 0.339 e. The van der Waals surface area contributed by atoms with Crippen LogP contribution in [0.25, 0.3) is 0 Å². The SMILES string of the molecule is CCCCCCCN(CC)C(=O)c1cccc(C(F)(F)F)c1.